The molecule has 30 heavy (non-hydrogen) atoms. The van der Waals surface area contributed by atoms with Crippen LogP contribution in [0.25, 0.3) is 0 Å². The lowest BCUT2D eigenvalue weighted by Crippen LogP contribution is -2.42. The number of nitrogens with zero attached hydrogens (tertiary/aromatic N) is 1. The minimum atomic E-state index is -0.729. The quantitative estimate of drug-likeness (QED) is 0.579. The van der Waals surface area contributed by atoms with Gasteiger partial charge in [-0.25, -0.2) is 0 Å². The van der Waals surface area contributed by atoms with Gasteiger partial charge in [-0.15, -0.1) is 10.1 Å². The van der Waals surface area contributed by atoms with E-state index < -0.39 is 6.04 Å². The topological polar surface area (TPSA) is 61.2 Å². The summed E-state index contributed by atoms with van der Waals surface area (Å²) in [5, 5.41) is 2.92. The third-order valence-electron chi connectivity index (χ3n) is 5.04. The molecule has 0 aromatic heterocycles. The molecule has 5 nitrogen and oxygen atoms in total. The maximum absolute atomic E-state index is 12.8. The molecule has 3 aromatic carbocycles. The summed E-state index contributed by atoms with van der Waals surface area (Å²) >= 11 is 3.43. The van der Waals surface area contributed by atoms with Crippen LogP contribution in [0.2, 0.25) is 0 Å². The average Bonchev–Trinajstić information content (AvgIpc) is 3.05. The van der Waals surface area contributed by atoms with Gasteiger partial charge < -0.3 is 5.32 Å². The molecule has 1 aliphatic heterocycles. The molecule has 1 saturated heterocycles. The molecule has 0 bridgehead atoms. The van der Waals surface area contributed by atoms with Crippen molar-refractivity contribution in [2.45, 2.75) is 19.0 Å². The molecule has 0 radical (unpaired) electrons. The number of benzene rings is 3. The van der Waals surface area contributed by atoms with Crippen LogP contribution in [0.5, 0.6) is 0 Å². The van der Waals surface area contributed by atoms with Crippen molar-refractivity contribution >= 4 is 34.0 Å². The number of hydrazone groups is 1. The smallest absolute Gasteiger partial charge is 0.304 e. The molecular formula is C24H21BrN3O2+. The van der Waals surface area contributed by atoms with Crippen LogP contribution >= 0.6 is 15.9 Å². The van der Waals surface area contributed by atoms with Gasteiger partial charge in [0.05, 0.1) is 0 Å². The van der Waals surface area contributed by atoms with Gasteiger partial charge in [0.1, 0.15) is 0 Å². The van der Waals surface area contributed by atoms with Gasteiger partial charge >= 0.3 is 5.91 Å². The fourth-order valence-electron chi connectivity index (χ4n) is 3.47. The van der Waals surface area contributed by atoms with E-state index in [-0.39, 0.29) is 17.9 Å². The van der Waals surface area contributed by atoms with Crippen molar-refractivity contribution in [3.05, 3.63) is 106 Å². The van der Waals surface area contributed by atoms with Crippen molar-refractivity contribution in [3.63, 3.8) is 0 Å². The lowest BCUT2D eigenvalue weighted by Gasteiger charge is -2.14. The van der Waals surface area contributed by atoms with Crippen molar-refractivity contribution in [2.24, 2.45) is 0 Å². The average molecular weight is 463 g/mol. The summed E-state index contributed by atoms with van der Waals surface area (Å²) in [6, 6.07) is 23.7. The van der Waals surface area contributed by atoms with E-state index in [0.29, 0.717) is 5.56 Å². The monoisotopic (exact) mass is 462 g/mol. The Bertz CT molecular complexity index is 1090. The molecule has 4 rings (SSSR count). The number of hydrogen-bond donors (Lipinski definition) is 2. The Hall–Kier alpha value is -3.25. The molecule has 2 N–H and O–H groups in total. The summed E-state index contributed by atoms with van der Waals surface area (Å²) in [4.78, 5) is 25.7. The summed E-state index contributed by atoms with van der Waals surface area (Å²) < 4.78 is 2.74. The van der Waals surface area contributed by atoms with E-state index in [9.17, 15) is 9.59 Å². The molecule has 0 saturated carbocycles. The number of halogens is 1. The molecule has 3 aromatic rings. The Kier molecular flexibility index (Phi) is 5.77. The van der Waals surface area contributed by atoms with Crippen molar-refractivity contribution < 1.29 is 14.3 Å². The predicted molar refractivity (Wildman–Crippen MR) is 119 cm³/mol. The summed E-state index contributed by atoms with van der Waals surface area (Å²) in [7, 11) is 0. The van der Waals surface area contributed by atoms with Gasteiger partial charge in [0.2, 0.25) is 12.3 Å². The maximum Gasteiger partial charge on any atom is 0.304 e. The van der Waals surface area contributed by atoms with Crippen LogP contribution in [0.3, 0.4) is 0 Å². The van der Waals surface area contributed by atoms with Crippen LogP contribution in [0, 0.1) is 6.92 Å². The van der Waals surface area contributed by atoms with Gasteiger partial charge in [0, 0.05) is 21.2 Å². The molecule has 0 aliphatic carbocycles. The van der Waals surface area contributed by atoms with Gasteiger partial charge in [0.25, 0.3) is 5.91 Å². The van der Waals surface area contributed by atoms with Gasteiger partial charge in [-0.05, 0) is 43.3 Å². The SMILES string of the molecule is Cc1ccc(C(=O)N[C@@H]2C(=O)N/[N+](=C\c3ccc(Br)cc3)[C@@H]2c2ccccc2)cc1. The van der Waals surface area contributed by atoms with Crippen LogP contribution in [0.1, 0.15) is 33.1 Å². The highest BCUT2D eigenvalue weighted by molar-refractivity contribution is 9.10. The molecule has 2 amide bonds. The maximum atomic E-state index is 12.8. The van der Waals surface area contributed by atoms with Crippen molar-refractivity contribution in [2.75, 3.05) is 0 Å². The molecule has 1 heterocycles. The van der Waals surface area contributed by atoms with E-state index in [4.69, 9.17) is 0 Å². The van der Waals surface area contributed by atoms with E-state index in [2.05, 4.69) is 26.7 Å². The van der Waals surface area contributed by atoms with E-state index in [1.807, 2.05) is 79.9 Å². The highest BCUT2D eigenvalue weighted by atomic mass is 79.9. The van der Waals surface area contributed by atoms with Crippen LogP contribution in [0.15, 0.2) is 83.3 Å². The zero-order valence-corrected chi connectivity index (χ0v) is 18.0. The van der Waals surface area contributed by atoms with E-state index in [0.717, 1.165) is 21.2 Å². The Labute approximate surface area is 183 Å². The third-order valence-corrected chi connectivity index (χ3v) is 5.57. The number of rotatable bonds is 4. The number of nitrogens with one attached hydrogen (secondary N) is 2. The number of aryl methyl sites for hydroxylation is 1. The highest BCUT2D eigenvalue weighted by Gasteiger charge is 2.47. The molecule has 0 spiro atoms. The van der Waals surface area contributed by atoms with Crippen LogP contribution in [-0.2, 0) is 4.79 Å². The Balaban J connectivity index is 1.68. The largest absolute Gasteiger partial charge is 0.334 e. The molecular weight excluding hydrogens is 442 g/mol. The van der Waals surface area contributed by atoms with Crippen LogP contribution < -0.4 is 10.7 Å². The molecule has 2 atom stereocenters. The number of carbonyl (C=O) groups excluding carboxylic acids is 2. The fourth-order valence-corrected chi connectivity index (χ4v) is 3.73. The van der Waals surface area contributed by atoms with Crippen molar-refractivity contribution in [1.82, 2.24) is 10.7 Å². The first kappa shape index (κ1) is 20.0. The minimum Gasteiger partial charge on any atom is -0.334 e. The molecule has 1 aliphatic rings. The zero-order chi connectivity index (χ0) is 21.1. The second-order valence-electron chi connectivity index (χ2n) is 7.24. The predicted octanol–water partition coefficient (Wildman–Crippen LogP) is 3.77. The summed E-state index contributed by atoms with van der Waals surface area (Å²) in [6.07, 6.45) is 1.88. The lowest BCUT2D eigenvalue weighted by atomic mass is 9.99. The van der Waals surface area contributed by atoms with Crippen LogP contribution in [-0.4, -0.2) is 28.8 Å². The molecule has 150 valence electrons. The zero-order valence-electron chi connectivity index (χ0n) is 16.4. The highest BCUT2D eigenvalue weighted by Crippen LogP contribution is 2.25. The van der Waals surface area contributed by atoms with E-state index in [1.165, 1.54) is 0 Å². The number of amides is 2. The Morgan fingerprint density at radius 1 is 1.00 bits per heavy atom. The Morgan fingerprint density at radius 2 is 1.67 bits per heavy atom. The second kappa shape index (κ2) is 8.63. The summed E-state index contributed by atoms with van der Waals surface area (Å²) in [5.41, 5.74) is 6.35. The van der Waals surface area contributed by atoms with Crippen LogP contribution in [0.4, 0.5) is 0 Å². The molecule has 1 fully saturated rings. The summed E-state index contributed by atoms with van der Waals surface area (Å²) in [5.74, 6) is -0.528. The van der Waals surface area contributed by atoms with Gasteiger partial charge in [-0.1, -0.05) is 64.0 Å². The van der Waals surface area contributed by atoms with Crippen molar-refractivity contribution in [1.29, 1.82) is 0 Å². The number of hydrogen-bond acceptors (Lipinski definition) is 2. The summed E-state index contributed by atoms with van der Waals surface area (Å²) in [6.45, 7) is 1.97. The van der Waals surface area contributed by atoms with Gasteiger partial charge in [0.15, 0.2) is 6.04 Å². The van der Waals surface area contributed by atoms with E-state index >= 15 is 0 Å². The lowest BCUT2D eigenvalue weighted by molar-refractivity contribution is -0.596. The normalized spacial score (nSPS) is 19.5. The first-order valence-corrected chi connectivity index (χ1v) is 10.4. The number of carbonyl (C=O) groups is 2. The first-order valence-electron chi connectivity index (χ1n) is 9.63. The van der Waals surface area contributed by atoms with Gasteiger partial charge in [-0.2, -0.15) is 0 Å². The molecule has 0 unspecified atom stereocenters. The van der Waals surface area contributed by atoms with Gasteiger partial charge in [-0.3, -0.25) is 9.59 Å². The standard InChI is InChI=1S/C24H20BrN3O2/c1-16-7-11-19(12-8-16)23(29)26-21-22(18-5-3-2-4-6-18)28(27-24(21)30)15-17-9-13-20(25)14-10-17/h2-15,21-22H,1H3,(H-,26,27,29,30)/p+1/b28-15-/t21-,22+/m0/s1. The third kappa shape index (κ3) is 4.33. The number of hydrazine groups is 1. The first-order chi connectivity index (χ1) is 14.5. The minimum absolute atomic E-state index is 0.252. The Morgan fingerprint density at radius 3 is 2.33 bits per heavy atom. The fraction of sp³-hybridized carbons (Fsp3) is 0.125. The second-order valence-corrected chi connectivity index (χ2v) is 8.15. The van der Waals surface area contributed by atoms with Crippen molar-refractivity contribution in [3.8, 4) is 0 Å². The van der Waals surface area contributed by atoms with E-state index in [1.54, 1.807) is 16.8 Å². The molecule has 6 heteroatoms.